The van der Waals surface area contributed by atoms with Crippen LogP contribution in [0.2, 0.25) is 0 Å². The molecule has 1 aromatic rings. The van der Waals surface area contributed by atoms with Gasteiger partial charge in [0.15, 0.2) is 0 Å². The fourth-order valence-electron chi connectivity index (χ4n) is 6.00. The van der Waals surface area contributed by atoms with Crippen LogP contribution in [0.4, 0.5) is 4.39 Å². The number of unbranched alkanes of at least 4 members (excludes halogenated alkanes) is 11. The third-order valence-electron chi connectivity index (χ3n) is 8.11. The number of nitrogens with one attached hydrogen (secondary N) is 1. The van der Waals surface area contributed by atoms with Crippen molar-refractivity contribution < 1.29 is 4.39 Å². The first-order valence-electron chi connectivity index (χ1n) is 14.1. The zero-order chi connectivity index (χ0) is 23.3. The van der Waals surface area contributed by atoms with Gasteiger partial charge in [0.05, 0.1) is 0 Å². The number of aryl methyl sites for hydroxylation is 1. The summed E-state index contributed by atoms with van der Waals surface area (Å²) in [6.45, 7) is 4.60. The van der Waals surface area contributed by atoms with Crippen molar-refractivity contribution in [1.29, 1.82) is 0 Å². The summed E-state index contributed by atoms with van der Waals surface area (Å²) in [5.74, 6) is 0.00646. The van der Waals surface area contributed by atoms with Gasteiger partial charge in [-0.05, 0) is 70.9 Å². The smallest absolute Gasteiger partial charge is 0.128 e. The molecule has 1 aliphatic carbocycles. The van der Waals surface area contributed by atoms with E-state index in [1.807, 2.05) is 13.1 Å². The molecule has 1 N–H and O–H groups in total. The third kappa shape index (κ3) is 8.64. The Morgan fingerprint density at radius 2 is 1.55 bits per heavy atom. The second-order valence-corrected chi connectivity index (χ2v) is 10.6. The summed E-state index contributed by atoms with van der Waals surface area (Å²) in [6.07, 6.45) is 20.1. The van der Waals surface area contributed by atoms with E-state index >= 15 is 0 Å². The number of rotatable bonds is 17. The summed E-state index contributed by atoms with van der Waals surface area (Å²) < 4.78 is 14.4. The van der Waals surface area contributed by atoms with Gasteiger partial charge in [0.2, 0.25) is 0 Å². The SMILES string of the molecule is CNCCCCCCCCCCCCCCN(C)C1CCN(C2CCc3cccc(F)c32)C1. The van der Waals surface area contributed by atoms with E-state index in [1.165, 1.54) is 102 Å². The summed E-state index contributed by atoms with van der Waals surface area (Å²) in [6, 6.07) is 6.57. The molecule has 1 aliphatic heterocycles. The van der Waals surface area contributed by atoms with E-state index in [1.54, 1.807) is 6.07 Å². The van der Waals surface area contributed by atoms with E-state index in [4.69, 9.17) is 0 Å². The van der Waals surface area contributed by atoms with Crippen molar-refractivity contribution in [3.05, 3.63) is 35.1 Å². The Kier molecular flexibility index (Phi) is 12.2. The fraction of sp³-hybridized carbons (Fsp3) is 0.793. The van der Waals surface area contributed by atoms with E-state index in [9.17, 15) is 4.39 Å². The molecule has 1 heterocycles. The van der Waals surface area contributed by atoms with Crippen LogP contribution >= 0.6 is 0 Å². The molecule has 0 bridgehead atoms. The van der Waals surface area contributed by atoms with Crippen LogP contribution in [0.5, 0.6) is 0 Å². The van der Waals surface area contributed by atoms with E-state index in [0.29, 0.717) is 12.1 Å². The van der Waals surface area contributed by atoms with E-state index in [0.717, 1.165) is 31.5 Å². The predicted molar refractivity (Wildman–Crippen MR) is 139 cm³/mol. The normalized spacial score (nSPS) is 20.7. The second-order valence-electron chi connectivity index (χ2n) is 10.6. The summed E-state index contributed by atoms with van der Waals surface area (Å²) in [7, 11) is 4.34. The van der Waals surface area contributed by atoms with Crippen LogP contribution in [0.1, 0.15) is 107 Å². The van der Waals surface area contributed by atoms with Crippen LogP contribution in [0.25, 0.3) is 0 Å². The highest BCUT2D eigenvalue weighted by Gasteiger charge is 2.35. The number of benzene rings is 1. The highest BCUT2D eigenvalue weighted by atomic mass is 19.1. The zero-order valence-electron chi connectivity index (χ0n) is 21.6. The van der Waals surface area contributed by atoms with Gasteiger partial charge in [0.1, 0.15) is 5.82 Å². The average Bonchev–Trinajstić information content (AvgIpc) is 3.47. The number of hydrogen-bond donors (Lipinski definition) is 1. The molecule has 1 saturated heterocycles. The van der Waals surface area contributed by atoms with Crippen molar-refractivity contribution >= 4 is 0 Å². The van der Waals surface area contributed by atoms with Crippen LogP contribution in [0, 0.1) is 5.82 Å². The zero-order valence-corrected chi connectivity index (χ0v) is 21.6. The van der Waals surface area contributed by atoms with Gasteiger partial charge in [0, 0.05) is 30.7 Å². The molecule has 1 fully saturated rings. The maximum atomic E-state index is 14.4. The Morgan fingerprint density at radius 3 is 2.21 bits per heavy atom. The number of hydrogen-bond acceptors (Lipinski definition) is 3. The van der Waals surface area contributed by atoms with Crippen molar-refractivity contribution in [3.8, 4) is 0 Å². The molecule has 3 nitrogen and oxygen atoms in total. The Balaban J connectivity index is 1.18. The van der Waals surface area contributed by atoms with Crippen LogP contribution in [-0.4, -0.2) is 56.1 Å². The molecule has 3 rings (SSSR count). The van der Waals surface area contributed by atoms with Gasteiger partial charge < -0.3 is 10.2 Å². The first-order valence-corrected chi connectivity index (χ1v) is 14.1. The van der Waals surface area contributed by atoms with Gasteiger partial charge in [-0.15, -0.1) is 0 Å². The number of fused-ring (bicyclic) bond motifs is 1. The summed E-state index contributed by atoms with van der Waals surface area (Å²) in [5.41, 5.74) is 2.22. The second kappa shape index (κ2) is 15.1. The summed E-state index contributed by atoms with van der Waals surface area (Å²) >= 11 is 0. The van der Waals surface area contributed by atoms with Gasteiger partial charge in [0.25, 0.3) is 0 Å². The van der Waals surface area contributed by atoms with E-state index < -0.39 is 0 Å². The maximum absolute atomic E-state index is 14.4. The average molecular weight is 460 g/mol. The quantitative estimate of drug-likeness (QED) is 0.261. The molecule has 0 aromatic heterocycles. The minimum absolute atomic E-state index is 0.00646. The molecule has 0 amide bonds. The molecule has 0 radical (unpaired) electrons. The molecular weight excluding hydrogens is 409 g/mol. The molecule has 188 valence electrons. The number of likely N-dealkylation sites (N-methyl/N-ethyl adjacent to an activating group) is 1. The van der Waals surface area contributed by atoms with Crippen LogP contribution in [-0.2, 0) is 6.42 Å². The molecular formula is C29H50FN3. The molecule has 1 aromatic carbocycles. The van der Waals surface area contributed by atoms with Crippen molar-refractivity contribution in [2.24, 2.45) is 0 Å². The first kappa shape index (κ1) is 26.6. The Labute approximate surface area is 203 Å². The summed E-state index contributed by atoms with van der Waals surface area (Å²) in [4.78, 5) is 5.13. The van der Waals surface area contributed by atoms with Crippen LogP contribution in [0.15, 0.2) is 18.2 Å². The topological polar surface area (TPSA) is 18.5 Å². The van der Waals surface area contributed by atoms with Crippen molar-refractivity contribution in [3.63, 3.8) is 0 Å². The molecule has 0 spiro atoms. The highest BCUT2D eigenvalue weighted by molar-refractivity contribution is 5.36. The molecule has 2 aliphatic rings. The Bertz CT molecular complexity index is 664. The lowest BCUT2D eigenvalue weighted by molar-refractivity contribution is 0.196. The minimum atomic E-state index is 0.00646. The van der Waals surface area contributed by atoms with Crippen LogP contribution in [0.3, 0.4) is 0 Å². The number of halogens is 1. The molecule has 2 unspecified atom stereocenters. The Morgan fingerprint density at radius 1 is 0.909 bits per heavy atom. The predicted octanol–water partition coefficient (Wildman–Crippen LogP) is 6.72. The van der Waals surface area contributed by atoms with Gasteiger partial charge in [-0.3, -0.25) is 4.90 Å². The van der Waals surface area contributed by atoms with E-state index in [2.05, 4.69) is 28.2 Å². The molecule has 4 heteroatoms. The van der Waals surface area contributed by atoms with Crippen molar-refractivity contribution in [2.45, 2.75) is 108 Å². The standard InChI is InChI=1S/C29H50FN3/c1-31-21-13-11-9-7-5-3-4-6-8-10-12-14-22-32(2)26-20-23-33(24-26)28-19-18-25-16-15-17-27(30)29(25)28/h15-17,26,28,31H,3-14,18-24H2,1-2H3. The Hall–Kier alpha value is -0.970. The lowest BCUT2D eigenvalue weighted by Crippen LogP contribution is -2.36. The van der Waals surface area contributed by atoms with Gasteiger partial charge >= 0.3 is 0 Å². The lowest BCUT2D eigenvalue weighted by atomic mass is 10.0. The third-order valence-corrected chi connectivity index (χ3v) is 8.11. The number of likely N-dealkylation sites (tertiary alicyclic amines) is 1. The van der Waals surface area contributed by atoms with Crippen LogP contribution < -0.4 is 5.32 Å². The van der Waals surface area contributed by atoms with Crippen molar-refractivity contribution in [2.75, 3.05) is 40.3 Å². The van der Waals surface area contributed by atoms with Gasteiger partial charge in [-0.25, -0.2) is 4.39 Å². The maximum Gasteiger partial charge on any atom is 0.128 e. The van der Waals surface area contributed by atoms with Gasteiger partial charge in [-0.1, -0.05) is 76.3 Å². The molecule has 0 saturated carbocycles. The van der Waals surface area contributed by atoms with E-state index in [-0.39, 0.29) is 5.82 Å². The molecule has 33 heavy (non-hydrogen) atoms. The first-order chi connectivity index (χ1) is 16.2. The monoisotopic (exact) mass is 459 g/mol. The molecule has 2 atom stereocenters. The minimum Gasteiger partial charge on any atom is -0.320 e. The van der Waals surface area contributed by atoms with Crippen molar-refractivity contribution in [1.82, 2.24) is 15.1 Å². The fourth-order valence-corrected chi connectivity index (χ4v) is 6.00. The number of nitrogens with zero attached hydrogens (tertiary/aromatic N) is 2. The lowest BCUT2D eigenvalue weighted by Gasteiger charge is -2.28. The summed E-state index contributed by atoms with van der Waals surface area (Å²) in [5, 5.41) is 3.23. The highest BCUT2D eigenvalue weighted by Crippen LogP contribution is 2.39. The largest absolute Gasteiger partial charge is 0.320 e. The van der Waals surface area contributed by atoms with Gasteiger partial charge in [-0.2, -0.15) is 0 Å².